The van der Waals surface area contributed by atoms with Gasteiger partial charge in [0.15, 0.2) is 0 Å². The fourth-order valence-electron chi connectivity index (χ4n) is 19.2. The lowest BCUT2D eigenvalue weighted by Crippen LogP contribution is -2.61. The van der Waals surface area contributed by atoms with E-state index < -0.39 is 0 Å². The minimum Gasteiger partial charge on any atom is -0.311 e. The molecule has 2 aliphatic rings. The second-order valence-corrected chi connectivity index (χ2v) is 31.6. The van der Waals surface area contributed by atoms with E-state index >= 15 is 0 Å². The van der Waals surface area contributed by atoms with Crippen molar-refractivity contribution in [2.45, 2.75) is 26.2 Å². The number of fused-ring (bicyclic) bond motifs is 16. The molecule has 0 bridgehead atoms. The van der Waals surface area contributed by atoms with Gasteiger partial charge in [-0.25, -0.2) is 0 Å². The van der Waals surface area contributed by atoms with Gasteiger partial charge in [0, 0.05) is 99.7 Å². The highest BCUT2D eigenvalue weighted by Gasteiger charge is 2.46. The predicted octanol–water partition coefficient (Wildman–Crippen LogP) is 26.1. The number of anilines is 6. The summed E-state index contributed by atoms with van der Waals surface area (Å²) in [5.41, 5.74) is 33.8. The molecular formula is C106H73BN6. The quantitative estimate of drug-likeness (QED) is 0.128. The van der Waals surface area contributed by atoms with Gasteiger partial charge < -0.3 is 28.1 Å². The molecule has 0 N–H and O–H groups in total. The Morgan fingerprint density at radius 3 is 0.903 bits per heavy atom. The van der Waals surface area contributed by atoms with Gasteiger partial charge in [0.25, 0.3) is 6.71 Å². The van der Waals surface area contributed by atoms with Crippen molar-refractivity contribution in [2.75, 3.05) is 9.80 Å². The molecule has 0 saturated heterocycles. The molecule has 113 heavy (non-hydrogen) atoms. The third kappa shape index (κ3) is 9.94. The van der Waals surface area contributed by atoms with E-state index in [0.717, 1.165) is 134 Å². The number of aromatic nitrogens is 4. The van der Waals surface area contributed by atoms with Crippen LogP contribution in [-0.4, -0.2) is 25.0 Å². The summed E-state index contributed by atoms with van der Waals surface area (Å²) >= 11 is 0. The first kappa shape index (κ1) is 64.6. The van der Waals surface area contributed by atoms with Crippen LogP contribution >= 0.6 is 0 Å². The summed E-state index contributed by atoms with van der Waals surface area (Å²) in [5, 5.41) is 9.69. The standard InChI is InChI=1S/C106H73BN6/c1-106(2,3)74-61-87(70-34-12-6-13-35-70)105(88(62-74)71-36-14-7-15-37-71)113-101-65-77(109-94-47-25-18-40-82(94)83-41-19-26-48-95(83)109)53-56-91(101)107-90-55-52-76(110-98-51-29-22-44-86(98)89-63-75(54-57-99(89)110)108-92-45-23-16-38-80(92)81-39-17-24-46-93(81)108)64-100(90)112(78-59-72(68-30-8-4-9-31-68)58-73(60-78)69-32-10-5-11-33-69)102-66-79(67-103(113)104(102)107)111-96-49-27-20-42-84(96)85-43-21-28-50-97(85)111/h4-67H,1-3H3. The summed E-state index contributed by atoms with van der Waals surface area (Å²) in [6.07, 6.45) is 0. The molecule has 0 fully saturated rings. The second kappa shape index (κ2) is 25.1. The van der Waals surface area contributed by atoms with Gasteiger partial charge in [-0.15, -0.1) is 0 Å². The summed E-state index contributed by atoms with van der Waals surface area (Å²) in [5.74, 6) is 0. The van der Waals surface area contributed by atoms with E-state index in [0.29, 0.717) is 0 Å². The molecule has 21 aromatic rings. The molecule has 0 saturated carbocycles. The molecule has 0 unspecified atom stereocenters. The molecule has 6 heterocycles. The Morgan fingerprint density at radius 2 is 0.513 bits per heavy atom. The van der Waals surface area contributed by atoms with Crippen LogP contribution in [0, 0.1) is 0 Å². The van der Waals surface area contributed by atoms with Crippen molar-refractivity contribution < 1.29 is 0 Å². The summed E-state index contributed by atoms with van der Waals surface area (Å²) in [4.78, 5) is 5.38. The van der Waals surface area contributed by atoms with Crippen molar-refractivity contribution in [3.63, 3.8) is 0 Å². The van der Waals surface area contributed by atoms with Gasteiger partial charge in [-0.05, 0) is 188 Å². The van der Waals surface area contributed by atoms with E-state index in [9.17, 15) is 0 Å². The monoisotopic (exact) mass is 1440 g/mol. The maximum absolute atomic E-state index is 2.72. The van der Waals surface area contributed by atoms with Crippen molar-refractivity contribution in [2.24, 2.45) is 0 Å². The van der Waals surface area contributed by atoms with Gasteiger partial charge in [0.2, 0.25) is 0 Å². The van der Waals surface area contributed by atoms with Crippen LogP contribution in [0.5, 0.6) is 0 Å². The first-order chi connectivity index (χ1) is 55.7. The van der Waals surface area contributed by atoms with Gasteiger partial charge in [-0.3, -0.25) is 0 Å². The Kier molecular flexibility index (Phi) is 14.3. The number of hydrogen-bond donors (Lipinski definition) is 0. The van der Waals surface area contributed by atoms with E-state index in [4.69, 9.17) is 0 Å². The van der Waals surface area contributed by atoms with Crippen LogP contribution in [-0.2, 0) is 5.41 Å². The van der Waals surface area contributed by atoms with Gasteiger partial charge in [0.05, 0.1) is 55.5 Å². The maximum Gasteiger partial charge on any atom is 0.252 e. The highest BCUT2D eigenvalue weighted by molar-refractivity contribution is 7.00. The average Bonchev–Trinajstić information content (AvgIpc) is 0.715. The summed E-state index contributed by atoms with van der Waals surface area (Å²) in [6.45, 7) is 6.77. The molecule has 17 aromatic carbocycles. The topological polar surface area (TPSA) is 26.2 Å². The lowest BCUT2D eigenvalue weighted by Gasteiger charge is -2.45. The lowest BCUT2D eigenvalue weighted by molar-refractivity contribution is 0.591. The van der Waals surface area contributed by atoms with Crippen LogP contribution in [0.2, 0.25) is 0 Å². The van der Waals surface area contributed by atoms with Gasteiger partial charge >= 0.3 is 0 Å². The summed E-state index contributed by atoms with van der Waals surface area (Å²) in [6, 6.07) is 146. The minimum absolute atomic E-state index is 0.221. The van der Waals surface area contributed by atoms with Crippen LogP contribution in [0.1, 0.15) is 26.3 Å². The van der Waals surface area contributed by atoms with Crippen LogP contribution < -0.4 is 26.2 Å². The van der Waals surface area contributed by atoms with Gasteiger partial charge in [-0.2, -0.15) is 0 Å². The zero-order valence-electron chi connectivity index (χ0n) is 62.7. The van der Waals surface area contributed by atoms with Crippen molar-refractivity contribution in [1.82, 2.24) is 18.3 Å². The first-order valence-electron chi connectivity index (χ1n) is 39.3. The molecular weight excluding hydrogens is 1370 g/mol. The maximum atomic E-state index is 2.72. The zero-order valence-corrected chi connectivity index (χ0v) is 62.7. The SMILES string of the molecule is CC(C)(C)c1cc(-c2ccccc2)c(N2c3cc(-n4c5ccccc5c5ccccc54)ccc3B3c4ccc(-n5c6ccccc6c6cc(-n7c8ccccc8c8ccccc87)ccc65)cc4N(c4cc(-c5ccccc5)cc(-c5ccccc5)c4)c4cc(-n5c6ccccc6c6ccccc65)cc2c43)c(-c2ccccc2)c1. The Bertz CT molecular complexity index is 7200. The minimum atomic E-state index is -0.294. The van der Waals surface area contributed by atoms with E-state index in [1.54, 1.807) is 0 Å². The Hall–Kier alpha value is -14.4. The molecule has 2 aliphatic heterocycles. The van der Waals surface area contributed by atoms with Crippen LogP contribution in [0.3, 0.4) is 0 Å². The van der Waals surface area contributed by atoms with Gasteiger partial charge in [0.1, 0.15) is 0 Å². The number of benzene rings is 17. The van der Waals surface area contributed by atoms with E-state index in [1.165, 1.54) is 76.1 Å². The van der Waals surface area contributed by atoms with Crippen molar-refractivity contribution in [1.29, 1.82) is 0 Å². The molecule has 0 spiro atoms. The third-order valence-corrected chi connectivity index (χ3v) is 24.2. The Morgan fingerprint density at radius 1 is 0.212 bits per heavy atom. The average molecular weight is 1440 g/mol. The number of rotatable bonds is 10. The highest BCUT2D eigenvalue weighted by Crippen LogP contribution is 2.54. The van der Waals surface area contributed by atoms with Crippen LogP contribution in [0.4, 0.5) is 34.1 Å². The van der Waals surface area contributed by atoms with Crippen molar-refractivity contribution >= 4 is 144 Å². The first-order valence-corrected chi connectivity index (χ1v) is 39.3. The molecule has 4 aromatic heterocycles. The smallest absolute Gasteiger partial charge is 0.252 e. The molecule has 23 rings (SSSR count). The molecule has 0 aliphatic carbocycles. The van der Waals surface area contributed by atoms with E-state index in [-0.39, 0.29) is 12.1 Å². The molecule has 530 valence electrons. The number of para-hydroxylation sites is 7. The van der Waals surface area contributed by atoms with Crippen LogP contribution in [0.25, 0.3) is 154 Å². The van der Waals surface area contributed by atoms with Crippen LogP contribution in [0.15, 0.2) is 388 Å². The third-order valence-electron chi connectivity index (χ3n) is 24.2. The van der Waals surface area contributed by atoms with Crippen molar-refractivity contribution in [3.05, 3.63) is 394 Å². The molecule has 0 radical (unpaired) electrons. The fourth-order valence-corrected chi connectivity index (χ4v) is 19.2. The highest BCUT2D eigenvalue weighted by atomic mass is 15.2. The molecule has 0 atom stereocenters. The molecule has 0 amide bonds. The Balaban J connectivity index is 0.877. The normalized spacial score (nSPS) is 12.7. The number of nitrogens with zero attached hydrogens (tertiary/aromatic N) is 6. The van der Waals surface area contributed by atoms with E-state index in [1.807, 2.05) is 0 Å². The molecule has 7 heteroatoms. The number of hydrogen-bond acceptors (Lipinski definition) is 2. The zero-order chi connectivity index (χ0) is 74.7. The predicted molar refractivity (Wildman–Crippen MR) is 478 cm³/mol. The fraction of sp³-hybridized carbons (Fsp3) is 0.0377. The molecule has 6 nitrogen and oxygen atoms in total. The Labute approximate surface area is 655 Å². The lowest BCUT2D eigenvalue weighted by atomic mass is 9.33. The van der Waals surface area contributed by atoms with E-state index in [2.05, 4.69) is 437 Å². The second-order valence-electron chi connectivity index (χ2n) is 31.6. The summed E-state index contributed by atoms with van der Waals surface area (Å²) in [7, 11) is 0. The van der Waals surface area contributed by atoms with Gasteiger partial charge in [-0.1, -0.05) is 282 Å². The largest absolute Gasteiger partial charge is 0.311 e. The summed E-state index contributed by atoms with van der Waals surface area (Å²) < 4.78 is 10.0. The van der Waals surface area contributed by atoms with Crippen molar-refractivity contribution in [3.8, 4) is 67.3 Å².